The summed E-state index contributed by atoms with van der Waals surface area (Å²) in [6.45, 7) is 5.04. The first-order valence-corrected chi connectivity index (χ1v) is 40.0. The van der Waals surface area contributed by atoms with Crippen LogP contribution in [0.3, 0.4) is 0 Å². The average Bonchev–Trinajstić information content (AvgIpc) is 1.64. The summed E-state index contributed by atoms with van der Waals surface area (Å²) in [5.41, 5.74) is 19.2. The molecule has 0 spiro atoms. The van der Waals surface area contributed by atoms with Gasteiger partial charge in [-0.25, -0.2) is 4.98 Å². The number of phenolic OH excluding ortho intramolecular Hbond substituents is 1. The van der Waals surface area contributed by atoms with E-state index in [0.717, 1.165) is 13.8 Å². The lowest BCUT2D eigenvalue weighted by Gasteiger charge is -2.30. The number of nitrogens with zero attached hydrogens (tertiary/aromatic N) is 2. The molecular formula is C80H115N21O21. The Bertz CT molecular complexity index is 4360. The number of carbonyl (C=O) groups excluding carboxylic acids is 14. The molecule has 0 unspecified atom stereocenters. The first-order valence-electron chi connectivity index (χ1n) is 40.0. The van der Waals surface area contributed by atoms with E-state index >= 15 is 14.4 Å². The molecule has 0 bridgehead atoms. The van der Waals surface area contributed by atoms with Gasteiger partial charge in [-0.2, -0.15) is 0 Å². The summed E-state index contributed by atoms with van der Waals surface area (Å²) in [5, 5.41) is 89.3. The number of aromatic nitrogens is 3. The van der Waals surface area contributed by atoms with E-state index in [1.807, 2.05) is 0 Å². The van der Waals surface area contributed by atoms with E-state index in [2.05, 4.69) is 84.1 Å². The lowest BCUT2D eigenvalue weighted by Crippen LogP contribution is -2.61. The number of carboxylic acids is 2. The van der Waals surface area contributed by atoms with Crippen molar-refractivity contribution in [2.75, 3.05) is 39.4 Å². The van der Waals surface area contributed by atoms with Crippen molar-refractivity contribution in [3.8, 4) is 5.75 Å². The van der Waals surface area contributed by atoms with Gasteiger partial charge in [-0.05, 0) is 105 Å². The number of rotatable bonds is 50. The Morgan fingerprint density at radius 3 is 1.56 bits per heavy atom. The fraction of sp³-hybridized carbons (Fsp3) is 0.500. The number of hydrogen-bond donors (Lipinski definition) is 24. The Morgan fingerprint density at radius 2 is 1.04 bits per heavy atom. The number of aliphatic carboxylic acids is 2. The number of carboxylic acid groups (broad SMARTS) is 2. The number of hydrogen-bond acceptors (Lipinski definition) is 22. The standard InChI is InChI=1S/C78H111N21O19.C2H4O2/c1-5-6-19-52(91-75(116)61(41-101)97-72(113)57(34-46-24-26-49(103)27-25-46)94-74(115)60(40-100)88-44(4)102)68(109)92-54(28-29-64(105)106)70(111)96-59(36-48-38-83-42-87-48)73(114)93-56(33-45-16-8-7-9-17-45)71(112)90-53(22-14-31-84-78(81)82)69(110)95-58(35-47-37-85-51-20-11-10-18-50(47)51)67(108)86-39-63(104)89-55(21-12-13-30-79)77(118)99-32-15-23-62(99)76(117)98-65(43(2)3)66(80)107;1-2(3)4/h7-11,16-18,20,24-27,37-38,42-43,52-62,65,85,100-101,103H,5-6,12-15,19,21-23,28-36,39-41,79H2,1-4H3,(H2,80,107)(H,83,87)(H,86,108)(H,88,102)(H,89,104)(H,90,112)(H,91,116)(H,92,109)(H,93,114)(H,94,115)(H,95,110)(H,96,111)(H,97,113)(H,98,117)(H,105,106)(H4,81,82,84);1H3,(H,3,4)/t52-,53-,54-,55-,56+,57-,58-,59-,60-,61-,62-,65-;/m0./s1. The highest BCUT2D eigenvalue weighted by atomic mass is 16.4. The van der Waals surface area contributed by atoms with Crippen LogP contribution in [0.1, 0.15) is 134 Å². The number of nitrogens with two attached hydrogens (primary N) is 3. The number of carbonyl (C=O) groups is 16. The molecule has 0 saturated carbocycles. The van der Waals surface area contributed by atoms with E-state index in [1.165, 1.54) is 41.7 Å². The average molecular weight is 1710 g/mol. The Hall–Kier alpha value is -13.1. The highest BCUT2D eigenvalue weighted by molar-refractivity contribution is 6.00. The number of guanidine groups is 1. The van der Waals surface area contributed by atoms with Crippen LogP contribution >= 0.6 is 0 Å². The van der Waals surface area contributed by atoms with Crippen LogP contribution in [0, 0.1) is 11.3 Å². The van der Waals surface area contributed by atoms with Crippen molar-refractivity contribution in [2.24, 2.45) is 23.1 Å². The van der Waals surface area contributed by atoms with E-state index in [4.69, 9.17) is 32.5 Å². The molecule has 2 aromatic heterocycles. The number of amides is 14. The van der Waals surface area contributed by atoms with Crippen molar-refractivity contribution in [1.29, 1.82) is 5.41 Å². The molecule has 122 heavy (non-hydrogen) atoms. The van der Waals surface area contributed by atoms with Gasteiger partial charge in [0.1, 0.15) is 78.3 Å². The number of imidazole rings is 1. The summed E-state index contributed by atoms with van der Waals surface area (Å²) >= 11 is 0. The highest BCUT2D eigenvalue weighted by Gasteiger charge is 2.41. The Balaban J connectivity index is 0.00000646. The number of aliphatic hydroxyl groups is 2. The molecule has 3 aromatic carbocycles. The molecule has 0 radical (unpaired) electrons. The molecule has 42 nitrogen and oxygen atoms in total. The largest absolute Gasteiger partial charge is 0.508 e. The van der Waals surface area contributed by atoms with Gasteiger partial charge in [0.05, 0.1) is 31.8 Å². The van der Waals surface area contributed by atoms with Crippen LogP contribution in [0.15, 0.2) is 97.6 Å². The second-order valence-electron chi connectivity index (χ2n) is 29.5. The number of fused-ring (bicyclic) bond motifs is 1. The second kappa shape index (κ2) is 51.4. The van der Waals surface area contributed by atoms with Crippen molar-refractivity contribution in [2.45, 2.75) is 210 Å². The normalized spacial score (nSPS) is 14.9. The van der Waals surface area contributed by atoms with Gasteiger partial charge >= 0.3 is 5.97 Å². The van der Waals surface area contributed by atoms with Crippen molar-refractivity contribution in [1.82, 2.24) is 89.0 Å². The van der Waals surface area contributed by atoms with Crippen LogP contribution in [-0.2, 0) is 102 Å². The maximum absolute atomic E-state index is 15.2. The number of unbranched alkanes of at least 4 members (excludes halogenated alkanes) is 2. The van der Waals surface area contributed by atoms with Gasteiger partial charge in [0.2, 0.25) is 82.7 Å². The number of aliphatic hydroxyl groups excluding tert-OH is 2. The molecule has 42 heteroatoms. The van der Waals surface area contributed by atoms with Crippen molar-refractivity contribution >= 4 is 112 Å². The van der Waals surface area contributed by atoms with Crippen molar-refractivity contribution in [3.63, 3.8) is 0 Å². The van der Waals surface area contributed by atoms with Gasteiger partial charge in [0, 0.05) is 82.3 Å². The number of benzene rings is 3. The molecule has 14 amide bonds. The Labute approximate surface area is 703 Å². The van der Waals surface area contributed by atoms with Crippen LogP contribution in [0.25, 0.3) is 10.9 Å². The third kappa shape index (κ3) is 33.9. The predicted octanol–water partition coefficient (Wildman–Crippen LogP) is -4.01. The van der Waals surface area contributed by atoms with Gasteiger partial charge < -0.3 is 127 Å². The first-order chi connectivity index (χ1) is 58.1. The van der Waals surface area contributed by atoms with E-state index < -0.39 is 212 Å². The summed E-state index contributed by atoms with van der Waals surface area (Å²) in [6.07, 6.45) is 3.75. The number of likely N-dealkylation sites (tertiary alicyclic amines) is 1. The molecule has 1 saturated heterocycles. The Morgan fingerprint density at radius 1 is 0.549 bits per heavy atom. The second-order valence-corrected chi connectivity index (χ2v) is 29.5. The number of H-pyrrole nitrogens is 2. The summed E-state index contributed by atoms with van der Waals surface area (Å²) in [5.74, 6) is -15.9. The van der Waals surface area contributed by atoms with E-state index in [9.17, 15) is 78.0 Å². The van der Waals surface area contributed by atoms with Crippen LogP contribution in [0.2, 0.25) is 0 Å². The fourth-order valence-corrected chi connectivity index (χ4v) is 13.1. The number of nitrogens with one attached hydrogen (secondary N) is 16. The quantitative estimate of drug-likeness (QED) is 0.0100. The number of phenols is 1. The number of para-hydroxylation sites is 1. The maximum Gasteiger partial charge on any atom is 0.303 e. The van der Waals surface area contributed by atoms with Crippen LogP contribution in [-0.4, -0.2) is 258 Å². The summed E-state index contributed by atoms with van der Waals surface area (Å²) in [4.78, 5) is 229. The fourth-order valence-electron chi connectivity index (χ4n) is 13.1. The summed E-state index contributed by atoms with van der Waals surface area (Å²) in [6, 6.07) is 2.98. The third-order valence-electron chi connectivity index (χ3n) is 19.4. The number of primary amides is 1. The number of aromatic amines is 2. The third-order valence-corrected chi connectivity index (χ3v) is 19.4. The number of aromatic hydroxyl groups is 1. The van der Waals surface area contributed by atoms with E-state index in [-0.39, 0.29) is 94.8 Å². The molecule has 27 N–H and O–H groups in total. The Kier molecular flexibility index (Phi) is 41.9. The minimum Gasteiger partial charge on any atom is -0.508 e. The van der Waals surface area contributed by atoms with E-state index in [0.29, 0.717) is 53.3 Å². The molecule has 666 valence electrons. The van der Waals surface area contributed by atoms with Gasteiger partial charge in [-0.1, -0.05) is 94.3 Å². The summed E-state index contributed by atoms with van der Waals surface area (Å²) < 4.78 is 0. The molecular weight excluding hydrogens is 1590 g/mol. The highest BCUT2D eigenvalue weighted by Crippen LogP contribution is 2.23. The van der Waals surface area contributed by atoms with Crippen molar-refractivity contribution < 1.29 is 102 Å². The zero-order valence-corrected chi connectivity index (χ0v) is 68.7. The predicted molar refractivity (Wildman–Crippen MR) is 441 cm³/mol. The minimum atomic E-state index is -1.83. The topological polar surface area (TPSA) is 680 Å². The smallest absolute Gasteiger partial charge is 0.303 e. The zero-order chi connectivity index (χ0) is 90.1. The molecule has 6 rings (SSSR count). The van der Waals surface area contributed by atoms with Crippen LogP contribution < -0.4 is 86.3 Å². The SMILES string of the molecule is CC(=O)O.CCCC[C@H](NC(=O)[C@H](CO)NC(=O)[C@H](Cc1ccc(O)cc1)NC(=O)[C@H](CO)NC(C)=O)C(=O)N[C@@H](CCC(=O)O)C(=O)N[C@@H](Cc1c[nH]cn1)C(=O)N[C@H](Cc1ccccc1)C(=O)N[C@@H](CCCNC(=N)N)C(=O)N[C@@H](Cc1c[nH]c2ccccc12)C(=O)NCC(=O)N[C@@H](CCCCN)C(=O)N1CCC[C@H]1C(=O)N[C@H](C(N)=O)C(C)C. The summed E-state index contributed by atoms with van der Waals surface area (Å²) in [7, 11) is 0. The van der Waals surface area contributed by atoms with Crippen molar-refractivity contribution in [3.05, 3.63) is 120 Å². The lowest BCUT2D eigenvalue weighted by atomic mass is 10.0. The molecule has 1 aliphatic heterocycles. The molecule has 12 atom stereocenters. The molecule has 0 aliphatic carbocycles. The van der Waals surface area contributed by atoms with E-state index in [1.54, 1.807) is 81.6 Å². The zero-order valence-electron chi connectivity index (χ0n) is 68.7. The van der Waals surface area contributed by atoms with Gasteiger partial charge in [-0.15, -0.1) is 0 Å². The lowest BCUT2D eigenvalue weighted by molar-refractivity contribution is -0.142. The monoisotopic (exact) mass is 1710 g/mol. The van der Waals surface area contributed by atoms with Gasteiger partial charge in [-0.3, -0.25) is 82.1 Å². The molecule has 1 aliphatic rings. The van der Waals surface area contributed by atoms with Gasteiger partial charge in [0.25, 0.3) is 5.97 Å². The van der Waals surface area contributed by atoms with Crippen LogP contribution in [0.4, 0.5) is 0 Å². The maximum atomic E-state index is 15.2. The molecule has 5 aromatic rings. The minimum absolute atomic E-state index is 0.00439. The van der Waals surface area contributed by atoms with Gasteiger partial charge in [0.15, 0.2) is 5.96 Å². The first kappa shape index (κ1) is 99.4. The molecule has 3 heterocycles. The van der Waals surface area contributed by atoms with Crippen LogP contribution in [0.5, 0.6) is 5.75 Å². The molecule has 1 fully saturated rings.